The van der Waals surface area contributed by atoms with Crippen LogP contribution in [0.25, 0.3) is 0 Å². The molecule has 1 fully saturated rings. The van der Waals surface area contributed by atoms with Crippen LogP contribution in [0.3, 0.4) is 0 Å². The van der Waals surface area contributed by atoms with E-state index in [1.54, 1.807) is 24.3 Å². The zero-order valence-electron chi connectivity index (χ0n) is 13.0. The summed E-state index contributed by atoms with van der Waals surface area (Å²) in [6.07, 6.45) is -0.00861. The van der Waals surface area contributed by atoms with Crippen molar-refractivity contribution >= 4 is 17.7 Å². The monoisotopic (exact) mass is 347 g/mol. The molecule has 0 unspecified atom stereocenters. The largest absolute Gasteiger partial charge is 0.493 e. The fraction of sp³-hybridized carbons (Fsp3) is 0.278. The Morgan fingerprint density at radius 3 is 2.54 bits per heavy atom. The second-order valence-electron chi connectivity index (χ2n) is 5.72. The Morgan fingerprint density at radius 1 is 1.12 bits per heavy atom. The van der Waals surface area contributed by atoms with Crippen molar-refractivity contribution in [3.63, 3.8) is 0 Å². The number of benzene rings is 2. The van der Waals surface area contributed by atoms with E-state index >= 15 is 0 Å². The van der Waals surface area contributed by atoms with Gasteiger partial charge in [0.2, 0.25) is 0 Å². The minimum atomic E-state index is -0.848. The second-order valence-corrected chi connectivity index (χ2v) is 6.16. The smallest absolute Gasteiger partial charge is 0.407 e. The van der Waals surface area contributed by atoms with Gasteiger partial charge in [0, 0.05) is 24.2 Å². The summed E-state index contributed by atoms with van der Waals surface area (Å²) < 4.78 is 11.5. The molecule has 0 aromatic heterocycles. The summed E-state index contributed by atoms with van der Waals surface area (Å²) in [6.45, 7) is 1.75. The van der Waals surface area contributed by atoms with E-state index in [0.717, 1.165) is 12.2 Å². The van der Waals surface area contributed by atoms with Gasteiger partial charge in [-0.15, -0.1) is 0 Å². The maximum Gasteiger partial charge on any atom is 0.407 e. The molecule has 0 atom stereocenters. The maximum atomic E-state index is 10.7. The number of carbonyl (C=O) groups is 1. The third-order valence-corrected chi connectivity index (χ3v) is 4.13. The molecule has 0 saturated carbocycles. The Labute approximate surface area is 145 Å². The Morgan fingerprint density at radius 2 is 1.83 bits per heavy atom. The van der Waals surface area contributed by atoms with Gasteiger partial charge < -0.3 is 19.5 Å². The minimum absolute atomic E-state index is 0.384. The predicted molar refractivity (Wildman–Crippen MR) is 91.2 cm³/mol. The number of rotatable bonds is 6. The summed E-state index contributed by atoms with van der Waals surface area (Å²) in [5, 5.41) is 9.46. The van der Waals surface area contributed by atoms with Gasteiger partial charge in [-0.1, -0.05) is 17.7 Å². The number of hydrogen-bond donors (Lipinski definition) is 1. The fourth-order valence-electron chi connectivity index (χ4n) is 2.52. The van der Waals surface area contributed by atoms with Crippen LogP contribution in [0, 0.1) is 5.92 Å². The molecule has 126 valence electrons. The van der Waals surface area contributed by atoms with Crippen molar-refractivity contribution in [2.45, 2.75) is 6.42 Å². The highest BCUT2D eigenvalue weighted by molar-refractivity contribution is 6.30. The molecule has 0 spiro atoms. The van der Waals surface area contributed by atoms with Gasteiger partial charge in [0.15, 0.2) is 0 Å². The lowest BCUT2D eigenvalue weighted by molar-refractivity contribution is 0.0716. The number of nitrogens with zero attached hydrogens (tertiary/aromatic N) is 1. The Balaban J connectivity index is 1.47. The summed E-state index contributed by atoms with van der Waals surface area (Å²) in [5.41, 5.74) is 0. The molecule has 6 heteroatoms. The number of carboxylic acid groups (broad SMARTS) is 1. The van der Waals surface area contributed by atoms with Gasteiger partial charge in [0.05, 0.1) is 6.61 Å². The summed E-state index contributed by atoms with van der Waals surface area (Å²) in [6, 6.07) is 14.6. The van der Waals surface area contributed by atoms with E-state index < -0.39 is 6.09 Å². The average molecular weight is 348 g/mol. The molecule has 24 heavy (non-hydrogen) atoms. The van der Waals surface area contributed by atoms with Crippen molar-refractivity contribution in [3.05, 3.63) is 53.6 Å². The van der Waals surface area contributed by atoms with Crippen molar-refractivity contribution in [1.82, 2.24) is 4.90 Å². The zero-order valence-corrected chi connectivity index (χ0v) is 13.8. The van der Waals surface area contributed by atoms with Gasteiger partial charge >= 0.3 is 6.09 Å². The molecule has 1 aliphatic heterocycles. The van der Waals surface area contributed by atoms with Gasteiger partial charge in [-0.3, -0.25) is 0 Å². The lowest BCUT2D eigenvalue weighted by Gasteiger charge is -2.36. The first-order valence-electron chi connectivity index (χ1n) is 7.74. The van der Waals surface area contributed by atoms with Crippen molar-refractivity contribution in [2.24, 2.45) is 5.92 Å². The third kappa shape index (κ3) is 4.32. The Hall–Kier alpha value is -2.40. The van der Waals surface area contributed by atoms with E-state index in [-0.39, 0.29) is 0 Å². The molecule has 1 amide bonds. The third-order valence-electron chi connectivity index (χ3n) is 3.88. The quantitative estimate of drug-likeness (QED) is 0.835. The van der Waals surface area contributed by atoms with Crippen LogP contribution in [0.2, 0.25) is 5.02 Å². The molecule has 1 aliphatic rings. The van der Waals surface area contributed by atoms with E-state index in [0.29, 0.717) is 42.1 Å². The first-order valence-corrected chi connectivity index (χ1v) is 8.12. The molecule has 2 aromatic rings. The molecular formula is C18H18ClNO4. The normalized spacial score (nSPS) is 14.1. The van der Waals surface area contributed by atoms with Crippen LogP contribution >= 0.6 is 11.6 Å². The summed E-state index contributed by atoms with van der Waals surface area (Å²) in [7, 11) is 0. The van der Waals surface area contributed by atoms with Crippen molar-refractivity contribution in [2.75, 3.05) is 19.7 Å². The molecule has 1 saturated heterocycles. The van der Waals surface area contributed by atoms with Crippen LogP contribution in [0.15, 0.2) is 48.5 Å². The van der Waals surface area contributed by atoms with Crippen LogP contribution in [0.4, 0.5) is 4.79 Å². The molecule has 5 nitrogen and oxygen atoms in total. The SMILES string of the molecule is O=C(O)N1CC(CCOc2cccc(Oc3ccc(Cl)cc3)c2)C1. The van der Waals surface area contributed by atoms with Gasteiger partial charge in [-0.25, -0.2) is 4.79 Å². The number of ether oxygens (including phenoxy) is 2. The molecule has 1 N–H and O–H groups in total. The van der Waals surface area contributed by atoms with Crippen LogP contribution < -0.4 is 9.47 Å². The molecule has 0 aliphatic carbocycles. The minimum Gasteiger partial charge on any atom is -0.493 e. The number of halogens is 1. The van der Waals surface area contributed by atoms with Gasteiger partial charge in [0.25, 0.3) is 0 Å². The highest BCUT2D eigenvalue weighted by atomic mass is 35.5. The lowest BCUT2D eigenvalue weighted by atomic mass is 9.97. The lowest BCUT2D eigenvalue weighted by Crippen LogP contribution is -2.49. The van der Waals surface area contributed by atoms with E-state index in [4.69, 9.17) is 26.2 Å². The van der Waals surface area contributed by atoms with Crippen LogP contribution in [-0.2, 0) is 0 Å². The van der Waals surface area contributed by atoms with Crippen LogP contribution in [0.5, 0.6) is 17.2 Å². The van der Waals surface area contributed by atoms with Gasteiger partial charge in [-0.05, 0) is 48.7 Å². The van der Waals surface area contributed by atoms with Gasteiger partial charge in [0.1, 0.15) is 17.2 Å². The maximum absolute atomic E-state index is 10.7. The zero-order chi connectivity index (χ0) is 16.9. The molecule has 2 aromatic carbocycles. The standard InChI is InChI=1S/C18H18ClNO4/c19-14-4-6-15(7-5-14)24-17-3-1-2-16(10-17)23-9-8-13-11-20(12-13)18(21)22/h1-7,10,13H,8-9,11-12H2,(H,21,22). The van der Waals surface area contributed by atoms with Gasteiger partial charge in [-0.2, -0.15) is 0 Å². The molecule has 0 bridgehead atoms. The van der Waals surface area contributed by atoms with E-state index in [2.05, 4.69) is 0 Å². The van der Waals surface area contributed by atoms with E-state index in [1.807, 2.05) is 24.3 Å². The first-order chi connectivity index (χ1) is 11.6. The fourth-order valence-corrected chi connectivity index (χ4v) is 2.64. The predicted octanol–water partition coefficient (Wildman–Crippen LogP) is 4.51. The number of amides is 1. The molecule has 1 heterocycles. The summed E-state index contributed by atoms with van der Waals surface area (Å²) in [5.74, 6) is 2.51. The molecular weight excluding hydrogens is 330 g/mol. The number of likely N-dealkylation sites (tertiary alicyclic amines) is 1. The highest BCUT2D eigenvalue weighted by Crippen LogP contribution is 2.27. The molecule has 0 radical (unpaired) electrons. The number of hydrogen-bond acceptors (Lipinski definition) is 3. The van der Waals surface area contributed by atoms with E-state index in [9.17, 15) is 4.79 Å². The van der Waals surface area contributed by atoms with Crippen LogP contribution in [-0.4, -0.2) is 35.8 Å². The van der Waals surface area contributed by atoms with Crippen molar-refractivity contribution in [1.29, 1.82) is 0 Å². The van der Waals surface area contributed by atoms with Crippen LogP contribution in [0.1, 0.15) is 6.42 Å². The van der Waals surface area contributed by atoms with E-state index in [1.165, 1.54) is 4.90 Å². The summed E-state index contributed by atoms with van der Waals surface area (Å²) >= 11 is 5.85. The topological polar surface area (TPSA) is 59.0 Å². The average Bonchev–Trinajstić information content (AvgIpc) is 2.52. The molecule has 3 rings (SSSR count). The second kappa shape index (κ2) is 7.45. The highest BCUT2D eigenvalue weighted by Gasteiger charge is 2.29. The Bertz CT molecular complexity index is 698. The van der Waals surface area contributed by atoms with Crippen molar-refractivity contribution < 1.29 is 19.4 Å². The summed E-state index contributed by atoms with van der Waals surface area (Å²) in [4.78, 5) is 12.1. The Kier molecular flexibility index (Phi) is 5.11. The first kappa shape index (κ1) is 16.5. The van der Waals surface area contributed by atoms with Crippen molar-refractivity contribution in [3.8, 4) is 17.2 Å².